The molecule has 2 aromatic rings. The summed E-state index contributed by atoms with van der Waals surface area (Å²) in [5.41, 5.74) is 2.76. The lowest BCUT2D eigenvalue weighted by Gasteiger charge is -2.27. The van der Waals surface area contributed by atoms with Crippen LogP contribution in [-0.4, -0.2) is 4.98 Å². The smallest absolute Gasteiger partial charge is 0.145 e. The van der Waals surface area contributed by atoms with E-state index in [0.717, 1.165) is 12.8 Å². The molecule has 2 nitrogen and oxygen atoms in total. The van der Waals surface area contributed by atoms with Gasteiger partial charge in [0.15, 0.2) is 0 Å². The summed E-state index contributed by atoms with van der Waals surface area (Å²) in [5, 5.41) is 4.55. The number of benzene rings is 1. The van der Waals surface area contributed by atoms with Crippen LogP contribution < -0.4 is 5.32 Å². The second kappa shape index (κ2) is 5.40. The van der Waals surface area contributed by atoms with Gasteiger partial charge in [0.25, 0.3) is 0 Å². The summed E-state index contributed by atoms with van der Waals surface area (Å²) < 4.78 is 0. The van der Waals surface area contributed by atoms with Crippen LogP contribution in [0.5, 0.6) is 0 Å². The molecular weight excluding hydrogens is 279 g/mol. The van der Waals surface area contributed by atoms with Crippen LogP contribution in [0.15, 0.2) is 36.5 Å². The number of anilines is 1. The highest BCUT2D eigenvalue weighted by atomic mass is 35.5. The molecule has 1 aliphatic carbocycles. The number of nitrogens with zero attached hydrogens (tertiary/aromatic N) is 1. The molecular formula is C15H14Cl2N2. The van der Waals surface area contributed by atoms with E-state index in [1.807, 2.05) is 0 Å². The van der Waals surface area contributed by atoms with Gasteiger partial charge in [-0.3, -0.25) is 0 Å². The topological polar surface area (TPSA) is 24.9 Å². The Balaban J connectivity index is 1.88. The van der Waals surface area contributed by atoms with Crippen molar-refractivity contribution in [1.82, 2.24) is 4.98 Å². The summed E-state index contributed by atoms with van der Waals surface area (Å²) in [6.07, 6.45) is 5.04. The fraction of sp³-hybridized carbons (Fsp3) is 0.267. The highest BCUT2D eigenvalue weighted by Gasteiger charge is 2.20. The van der Waals surface area contributed by atoms with Crippen molar-refractivity contribution in [2.45, 2.75) is 25.3 Å². The number of pyridine rings is 1. The van der Waals surface area contributed by atoms with Crippen LogP contribution in [0, 0.1) is 0 Å². The average molecular weight is 293 g/mol. The standard InChI is InChI=1S/C15H14Cl2N2/c16-11-8-13(17)15(18-9-11)19-14-7-3-5-10-4-1-2-6-12(10)14/h1-2,4,6,8-9,14H,3,5,7H2,(H,18,19). The van der Waals surface area contributed by atoms with Gasteiger partial charge in [0.2, 0.25) is 0 Å². The maximum absolute atomic E-state index is 6.17. The Labute approximate surface area is 122 Å². The van der Waals surface area contributed by atoms with Gasteiger partial charge in [0.1, 0.15) is 5.82 Å². The van der Waals surface area contributed by atoms with Crippen LogP contribution in [0.2, 0.25) is 10.0 Å². The first-order chi connectivity index (χ1) is 9.24. The van der Waals surface area contributed by atoms with Gasteiger partial charge in [-0.05, 0) is 36.5 Å². The Morgan fingerprint density at radius 1 is 1.21 bits per heavy atom. The Morgan fingerprint density at radius 3 is 2.89 bits per heavy atom. The molecule has 19 heavy (non-hydrogen) atoms. The van der Waals surface area contributed by atoms with Crippen molar-refractivity contribution < 1.29 is 0 Å². The van der Waals surface area contributed by atoms with E-state index >= 15 is 0 Å². The molecule has 0 radical (unpaired) electrons. The van der Waals surface area contributed by atoms with Gasteiger partial charge in [-0.1, -0.05) is 47.5 Å². The molecule has 0 saturated heterocycles. The fourth-order valence-electron chi connectivity index (χ4n) is 2.59. The SMILES string of the molecule is Clc1cnc(NC2CCCc3ccccc32)c(Cl)c1. The molecule has 1 heterocycles. The molecule has 0 amide bonds. The van der Waals surface area contributed by atoms with E-state index in [0.29, 0.717) is 15.9 Å². The van der Waals surface area contributed by atoms with Gasteiger partial charge in [-0.15, -0.1) is 0 Å². The van der Waals surface area contributed by atoms with E-state index < -0.39 is 0 Å². The zero-order valence-corrected chi connectivity index (χ0v) is 11.9. The Kier molecular flexibility index (Phi) is 3.63. The van der Waals surface area contributed by atoms with Crippen molar-refractivity contribution in [2.24, 2.45) is 0 Å². The molecule has 0 fully saturated rings. The largest absolute Gasteiger partial charge is 0.362 e. The minimum absolute atomic E-state index is 0.274. The third kappa shape index (κ3) is 2.70. The summed E-state index contributed by atoms with van der Waals surface area (Å²) in [6, 6.07) is 10.5. The van der Waals surface area contributed by atoms with E-state index in [9.17, 15) is 0 Å². The average Bonchev–Trinajstić information content (AvgIpc) is 2.42. The van der Waals surface area contributed by atoms with Crippen LogP contribution in [0.1, 0.15) is 30.0 Å². The molecule has 1 unspecified atom stereocenters. The second-order valence-corrected chi connectivity index (χ2v) is 5.62. The van der Waals surface area contributed by atoms with E-state index in [1.165, 1.54) is 17.5 Å². The molecule has 0 bridgehead atoms. The van der Waals surface area contributed by atoms with Crippen molar-refractivity contribution in [1.29, 1.82) is 0 Å². The molecule has 0 saturated carbocycles. The van der Waals surface area contributed by atoms with Crippen LogP contribution in [0.4, 0.5) is 5.82 Å². The number of rotatable bonds is 2. The Hall–Kier alpha value is -1.25. The molecule has 98 valence electrons. The molecule has 1 aliphatic rings. The quantitative estimate of drug-likeness (QED) is 0.853. The number of nitrogens with one attached hydrogen (secondary N) is 1. The molecule has 4 heteroatoms. The summed E-state index contributed by atoms with van der Waals surface area (Å²) >= 11 is 12.0. The lowest BCUT2D eigenvalue weighted by Crippen LogP contribution is -2.18. The minimum atomic E-state index is 0.274. The zero-order valence-electron chi connectivity index (χ0n) is 10.4. The fourth-order valence-corrected chi connectivity index (χ4v) is 3.02. The lowest BCUT2D eigenvalue weighted by molar-refractivity contribution is 0.598. The number of fused-ring (bicyclic) bond motifs is 1. The Morgan fingerprint density at radius 2 is 2.05 bits per heavy atom. The van der Waals surface area contributed by atoms with Gasteiger partial charge >= 0.3 is 0 Å². The second-order valence-electron chi connectivity index (χ2n) is 4.77. The third-order valence-electron chi connectivity index (χ3n) is 3.49. The summed E-state index contributed by atoms with van der Waals surface area (Å²) in [6.45, 7) is 0. The predicted molar refractivity (Wildman–Crippen MR) is 80.0 cm³/mol. The normalized spacial score (nSPS) is 17.9. The van der Waals surface area contributed by atoms with Crippen LogP contribution in [0.3, 0.4) is 0 Å². The van der Waals surface area contributed by atoms with Crippen LogP contribution in [-0.2, 0) is 6.42 Å². The summed E-state index contributed by atoms with van der Waals surface area (Å²) in [4.78, 5) is 4.27. The molecule has 0 aliphatic heterocycles. The van der Waals surface area contributed by atoms with Gasteiger partial charge < -0.3 is 5.32 Å². The number of halogens is 2. The van der Waals surface area contributed by atoms with Gasteiger partial charge in [0.05, 0.1) is 16.1 Å². The number of hydrogen-bond donors (Lipinski definition) is 1. The van der Waals surface area contributed by atoms with Gasteiger partial charge in [-0.2, -0.15) is 0 Å². The lowest BCUT2D eigenvalue weighted by atomic mass is 9.88. The third-order valence-corrected chi connectivity index (χ3v) is 3.98. The minimum Gasteiger partial charge on any atom is -0.362 e. The van der Waals surface area contributed by atoms with Crippen LogP contribution >= 0.6 is 23.2 Å². The summed E-state index contributed by atoms with van der Waals surface area (Å²) in [7, 11) is 0. The number of aromatic nitrogens is 1. The zero-order chi connectivity index (χ0) is 13.2. The van der Waals surface area contributed by atoms with E-state index in [2.05, 4.69) is 34.6 Å². The molecule has 1 N–H and O–H groups in total. The van der Waals surface area contributed by atoms with Gasteiger partial charge in [-0.25, -0.2) is 4.98 Å². The number of aryl methyl sites for hydroxylation is 1. The first-order valence-corrected chi connectivity index (χ1v) is 7.15. The first kappa shape index (κ1) is 12.8. The highest BCUT2D eigenvalue weighted by molar-refractivity contribution is 6.35. The molecule has 3 rings (SSSR count). The van der Waals surface area contributed by atoms with E-state index in [4.69, 9.17) is 23.2 Å². The van der Waals surface area contributed by atoms with Crippen LogP contribution in [0.25, 0.3) is 0 Å². The van der Waals surface area contributed by atoms with E-state index in [-0.39, 0.29) is 6.04 Å². The number of hydrogen-bond acceptors (Lipinski definition) is 2. The maximum atomic E-state index is 6.17. The van der Waals surface area contributed by atoms with Crippen molar-refractivity contribution in [3.63, 3.8) is 0 Å². The predicted octanol–water partition coefficient (Wildman–Crippen LogP) is 4.88. The molecule has 1 aromatic carbocycles. The molecule has 0 spiro atoms. The van der Waals surface area contributed by atoms with Crippen molar-refractivity contribution >= 4 is 29.0 Å². The molecule has 1 aromatic heterocycles. The maximum Gasteiger partial charge on any atom is 0.145 e. The molecule has 1 atom stereocenters. The van der Waals surface area contributed by atoms with Gasteiger partial charge in [0, 0.05) is 6.20 Å². The first-order valence-electron chi connectivity index (χ1n) is 6.39. The van der Waals surface area contributed by atoms with E-state index in [1.54, 1.807) is 12.3 Å². The monoisotopic (exact) mass is 292 g/mol. The van der Waals surface area contributed by atoms with Crippen molar-refractivity contribution in [2.75, 3.05) is 5.32 Å². The summed E-state index contributed by atoms with van der Waals surface area (Å²) in [5.74, 6) is 0.702. The highest BCUT2D eigenvalue weighted by Crippen LogP contribution is 2.34. The van der Waals surface area contributed by atoms with Crippen molar-refractivity contribution in [3.05, 3.63) is 57.7 Å². The van der Waals surface area contributed by atoms with Crippen molar-refractivity contribution in [3.8, 4) is 0 Å². The Bertz CT molecular complexity index is 598.